The fraction of sp³-hybridized carbons (Fsp3) is 0.0769. The Morgan fingerprint density at radius 2 is 1.61 bits per heavy atom. The zero-order chi connectivity index (χ0) is 23.2. The van der Waals surface area contributed by atoms with Gasteiger partial charge in [0.05, 0.1) is 19.9 Å². The standard InChI is InChI=1S/C26H23N3O4/c1-32-19-13-11-17(12-14-19)25(30)29-23(15-18-16-27-21-8-4-3-7-20(18)21)26(31)28-22-9-5-6-10-24(22)33-2/h3-16,27H,1-2H3,(H,28,31)(H,29,30). The lowest BCUT2D eigenvalue weighted by molar-refractivity contribution is -0.113. The molecule has 0 fully saturated rings. The maximum absolute atomic E-state index is 13.2. The normalized spacial score (nSPS) is 11.2. The van der Waals surface area contributed by atoms with Gasteiger partial charge in [-0.05, 0) is 48.5 Å². The number of amides is 2. The highest BCUT2D eigenvalue weighted by Gasteiger charge is 2.17. The van der Waals surface area contributed by atoms with E-state index in [0.29, 0.717) is 22.7 Å². The molecule has 0 bridgehead atoms. The van der Waals surface area contributed by atoms with Crippen LogP contribution in [0.3, 0.4) is 0 Å². The van der Waals surface area contributed by atoms with Gasteiger partial charge in [-0.25, -0.2) is 0 Å². The van der Waals surface area contributed by atoms with Gasteiger partial charge in [-0.2, -0.15) is 0 Å². The van der Waals surface area contributed by atoms with E-state index in [1.807, 2.05) is 30.3 Å². The Bertz CT molecular complexity index is 1320. The van der Waals surface area contributed by atoms with Gasteiger partial charge in [0.2, 0.25) is 0 Å². The molecular weight excluding hydrogens is 418 g/mol. The van der Waals surface area contributed by atoms with E-state index >= 15 is 0 Å². The van der Waals surface area contributed by atoms with Crippen LogP contribution in [0, 0.1) is 0 Å². The van der Waals surface area contributed by atoms with Crippen molar-refractivity contribution < 1.29 is 19.1 Å². The number of aromatic nitrogens is 1. The molecule has 0 saturated carbocycles. The molecule has 0 radical (unpaired) electrons. The van der Waals surface area contributed by atoms with Crippen molar-refractivity contribution in [2.45, 2.75) is 0 Å². The van der Waals surface area contributed by atoms with Crippen molar-refractivity contribution in [1.82, 2.24) is 10.3 Å². The maximum atomic E-state index is 13.2. The number of carbonyl (C=O) groups is 2. The summed E-state index contributed by atoms with van der Waals surface area (Å²) >= 11 is 0. The second-order valence-electron chi connectivity index (χ2n) is 7.18. The summed E-state index contributed by atoms with van der Waals surface area (Å²) in [6, 6.07) is 21.4. The SMILES string of the molecule is COc1ccc(C(=O)NC(=Cc2c[nH]c3ccccc23)C(=O)Nc2ccccc2OC)cc1. The average Bonchev–Trinajstić information content (AvgIpc) is 3.26. The number of hydrogen-bond acceptors (Lipinski definition) is 4. The second-order valence-corrected chi connectivity index (χ2v) is 7.18. The van der Waals surface area contributed by atoms with Gasteiger partial charge in [0, 0.05) is 28.2 Å². The van der Waals surface area contributed by atoms with E-state index in [4.69, 9.17) is 9.47 Å². The van der Waals surface area contributed by atoms with E-state index in [1.165, 1.54) is 7.11 Å². The van der Waals surface area contributed by atoms with Crippen LogP contribution in [0.15, 0.2) is 84.7 Å². The van der Waals surface area contributed by atoms with Crippen molar-refractivity contribution in [2.24, 2.45) is 0 Å². The third-order valence-corrected chi connectivity index (χ3v) is 5.12. The van der Waals surface area contributed by atoms with Crippen LogP contribution in [-0.2, 0) is 4.79 Å². The van der Waals surface area contributed by atoms with Crippen LogP contribution < -0.4 is 20.1 Å². The molecule has 7 nitrogen and oxygen atoms in total. The lowest BCUT2D eigenvalue weighted by atomic mass is 10.1. The van der Waals surface area contributed by atoms with Crippen molar-refractivity contribution in [3.05, 3.63) is 95.8 Å². The predicted octanol–water partition coefficient (Wildman–Crippen LogP) is 4.59. The van der Waals surface area contributed by atoms with Crippen molar-refractivity contribution >= 4 is 34.5 Å². The molecule has 0 atom stereocenters. The van der Waals surface area contributed by atoms with Crippen LogP contribution in [0.25, 0.3) is 17.0 Å². The van der Waals surface area contributed by atoms with Crippen LogP contribution in [-0.4, -0.2) is 31.0 Å². The molecule has 0 aliphatic heterocycles. The molecule has 0 unspecified atom stereocenters. The summed E-state index contributed by atoms with van der Waals surface area (Å²) in [5.41, 5.74) is 2.67. The van der Waals surface area contributed by atoms with Gasteiger partial charge in [0.1, 0.15) is 17.2 Å². The molecule has 0 spiro atoms. The number of carbonyl (C=O) groups excluding carboxylic acids is 2. The number of ether oxygens (including phenoxy) is 2. The lowest BCUT2D eigenvalue weighted by Crippen LogP contribution is -2.30. The maximum Gasteiger partial charge on any atom is 0.272 e. The average molecular weight is 441 g/mol. The number of benzene rings is 3. The van der Waals surface area contributed by atoms with Crippen LogP contribution in [0.5, 0.6) is 11.5 Å². The highest BCUT2D eigenvalue weighted by molar-refractivity contribution is 6.12. The van der Waals surface area contributed by atoms with Gasteiger partial charge in [-0.15, -0.1) is 0 Å². The van der Waals surface area contributed by atoms with Gasteiger partial charge in [-0.1, -0.05) is 30.3 Å². The summed E-state index contributed by atoms with van der Waals surface area (Å²) in [4.78, 5) is 29.3. The number of hydrogen-bond donors (Lipinski definition) is 3. The molecule has 7 heteroatoms. The molecule has 4 rings (SSSR count). The van der Waals surface area contributed by atoms with Gasteiger partial charge in [0.15, 0.2) is 0 Å². The monoisotopic (exact) mass is 441 g/mol. The number of H-pyrrole nitrogens is 1. The van der Waals surface area contributed by atoms with Gasteiger partial charge in [-0.3, -0.25) is 9.59 Å². The minimum Gasteiger partial charge on any atom is -0.497 e. The smallest absolute Gasteiger partial charge is 0.272 e. The van der Waals surface area contributed by atoms with Gasteiger partial charge in [0.25, 0.3) is 11.8 Å². The van der Waals surface area contributed by atoms with Crippen molar-refractivity contribution in [1.29, 1.82) is 0 Å². The highest BCUT2D eigenvalue weighted by atomic mass is 16.5. The summed E-state index contributed by atoms with van der Waals surface area (Å²) in [5, 5.41) is 6.50. The molecular formula is C26H23N3O4. The highest BCUT2D eigenvalue weighted by Crippen LogP contribution is 2.25. The van der Waals surface area contributed by atoms with Crippen LogP contribution in [0.2, 0.25) is 0 Å². The van der Waals surface area contributed by atoms with Crippen LogP contribution in [0.1, 0.15) is 15.9 Å². The molecule has 2 amide bonds. The Labute approximate surface area is 191 Å². The first-order chi connectivity index (χ1) is 16.1. The van der Waals surface area contributed by atoms with Crippen molar-refractivity contribution in [3.63, 3.8) is 0 Å². The summed E-state index contributed by atoms with van der Waals surface area (Å²) in [7, 11) is 3.08. The van der Waals surface area contributed by atoms with Gasteiger partial charge < -0.3 is 25.1 Å². The number of rotatable bonds is 7. The molecule has 0 aliphatic rings. The minimum atomic E-state index is -0.480. The molecule has 4 aromatic rings. The Hall–Kier alpha value is -4.52. The molecule has 0 aliphatic carbocycles. The third-order valence-electron chi connectivity index (χ3n) is 5.12. The topological polar surface area (TPSA) is 92.5 Å². The van der Waals surface area contributed by atoms with E-state index in [0.717, 1.165) is 16.5 Å². The lowest BCUT2D eigenvalue weighted by Gasteiger charge is -2.13. The summed E-state index contributed by atoms with van der Waals surface area (Å²) in [6.07, 6.45) is 3.44. The van der Waals surface area contributed by atoms with E-state index in [2.05, 4.69) is 15.6 Å². The Morgan fingerprint density at radius 3 is 2.36 bits per heavy atom. The molecule has 33 heavy (non-hydrogen) atoms. The molecule has 0 saturated heterocycles. The molecule has 1 heterocycles. The first kappa shape index (κ1) is 21.7. The molecule has 3 N–H and O–H groups in total. The minimum absolute atomic E-state index is 0.0893. The number of aromatic amines is 1. The van der Waals surface area contributed by atoms with Gasteiger partial charge >= 0.3 is 0 Å². The van der Waals surface area contributed by atoms with E-state index in [1.54, 1.807) is 61.8 Å². The zero-order valence-electron chi connectivity index (χ0n) is 18.2. The Morgan fingerprint density at radius 1 is 0.879 bits per heavy atom. The fourth-order valence-corrected chi connectivity index (χ4v) is 3.40. The van der Waals surface area contributed by atoms with E-state index in [-0.39, 0.29) is 5.70 Å². The van der Waals surface area contributed by atoms with Crippen LogP contribution >= 0.6 is 0 Å². The fourth-order valence-electron chi connectivity index (χ4n) is 3.40. The number of methoxy groups -OCH3 is 2. The number of nitrogens with one attached hydrogen (secondary N) is 3. The Balaban J connectivity index is 1.68. The summed E-state index contributed by atoms with van der Waals surface area (Å²) in [6.45, 7) is 0. The first-order valence-corrected chi connectivity index (χ1v) is 10.3. The van der Waals surface area contributed by atoms with E-state index in [9.17, 15) is 9.59 Å². The van der Waals surface area contributed by atoms with E-state index < -0.39 is 11.8 Å². The quantitative estimate of drug-likeness (QED) is 0.366. The number of anilines is 1. The number of para-hydroxylation sites is 3. The largest absolute Gasteiger partial charge is 0.497 e. The van der Waals surface area contributed by atoms with Crippen LogP contribution in [0.4, 0.5) is 5.69 Å². The Kier molecular flexibility index (Phi) is 6.40. The number of fused-ring (bicyclic) bond motifs is 1. The second kappa shape index (κ2) is 9.74. The molecule has 1 aromatic heterocycles. The third kappa shape index (κ3) is 4.88. The van der Waals surface area contributed by atoms with Crippen molar-refractivity contribution in [2.75, 3.05) is 19.5 Å². The predicted molar refractivity (Wildman–Crippen MR) is 128 cm³/mol. The zero-order valence-corrected chi connectivity index (χ0v) is 18.2. The molecule has 3 aromatic carbocycles. The molecule has 166 valence electrons. The van der Waals surface area contributed by atoms with Crippen molar-refractivity contribution in [3.8, 4) is 11.5 Å². The first-order valence-electron chi connectivity index (χ1n) is 10.3. The summed E-state index contributed by atoms with van der Waals surface area (Å²) in [5.74, 6) is 0.249. The summed E-state index contributed by atoms with van der Waals surface area (Å²) < 4.78 is 10.5.